The van der Waals surface area contributed by atoms with Gasteiger partial charge in [0.2, 0.25) is 23.8 Å². The molecular weight excluding hydrogens is 603 g/mol. The summed E-state index contributed by atoms with van der Waals surface area (Å²) in [5.41, 5.74) is 13.7. The Morgan fingerprint density at radius 2 is 0.864 bits per heavy atom. The standard InChI is InChI=1S/C30H22F2N10S2/c31-19-11-3-1-9-17(19)25-37-27(33)41-29(39-25)35-21-13-5-7-15-23(21)43-44-24-16-8-6-14-22(24)36-30-40-26(38-28(34)42-30)18-10-2-4-12-20(18)32/h1-16H,(H3,33,35,37,39,41)(H3,34,36,38,40,42). The van der Waals surface area contributed by atoms with Crippen LogP contribution in [0, 0.1) is 11.6 Å². The molecule has 6 rings (SSSR count). The van der Waals surface area contributed by atoms with Crippen LogP contribution in [0.2, 0.25) is 0 Å². The quantitative estimate of drug-likeness (QED) is 0.121. The van der Waals surface area contributed by atoms with Gasteiger partial charge < -0.3 is 22.1 Å². The van der Waals surface area contributed by atoms with Crippen LogP contribution in [0.4, 0.5) is 43.9 Å². The lowest BCUT2D eigenvalue weighted by Crippen LogP contribution is -2.06. The van der Waals surface area contributed by atoms with Crippen LogP contribution in [0.3, 0.4) is 0 Å². The van der Waals surface area contributed by atoms with Gasteiger partial charge in [-0.2, -0.15) is 29.9 Å². The molecule has 0 aliphatic carbocycles. The molecule has 0 aliphatic rings. The van der Waals surface area contributed by atoms with Crippen LogP contribution in [-0.4, -0.2) is 29.9 Å². The molecule has 218 valence electrons. The lowest BCUT2D eigenvalue weighted by molar-refractivity contribution is 0.629. The van der Waals surface area contributed by atoms with Crippen molar-refractivity contribution in [2.75, 3.05) is 22.1 Å². The smallest absolute Gasteiger partial charge is 0.232 e. The fourth-order valence-corrected chi connectivity index (χ4v) is 6.31. The molecule has 0 radical (unpaired) electrons. The summed E-state index contributed by atoms with van der Waals surface area (Å²) in [5.74, 6) is -0.430. The molecule has 0 unspecified atom stereocenters. The van der Waals surface area contributed by atoms with E-state index in [1.165, 1.54) is 33.7 Å². The van der Waals surface area contributed by atoms with Crippen LogP contribution in [0.1, 0.15) is 0 Å². The average molecular weight is 625 g/mol. The van der Waals surface area contributed by atoms with Gasteiger partial charge in [0.1, 0.15) is 11.6 Å². The Morgan fingerprint density at radius 1 is 0.477 bits per heavy atom. The zero-order chi connectivity index (χ0) is 30.5. The number of nitrogen functional groups attached to an aromatic ring is 2. The molecule has 44 heavy (non-hydrogen) atoms. The van der Waals surface area contributed by atoms with Crippen molar-refractivity contribution in [2.45, 2.75) is 9.79 Å². The molecule has 0 bridgehead atoms. The first-order valence-corrected chi connectivity index (χ1v) is 15.2. The molecule has 0 spiro atoms. The Labute approximate surface area is 258 Å². The van der Waals surface area contributed by atoms with Gasteiger partial charge in [-0.05, 0) is 48.5 Å². The monoisotopic (exact) mass is 624 g/mol. The molecule has 2 aromatic heterocycles. The first-order chi connectivity index (χ1) is 21.4. The Bertz CT molecular complexity index is 1820. The summed E-state index contributed by atoms with van der Waals surface area (Å²) >= 11 is 0. The van der Waals surface area contributed by atoms with E-state index >= 15 is 0 Å². The number of aromatic nitrogens is 6. The van der Waals surface area contributed by atoms with Crippen molar-refractivity contribution in [1.82, 2.24) is 29.9 Å². The van der Waals surface area contributed by atoms with E-state index in [2.05, 4.69) is 40.5 Å². The van der Waals surface area contributed by atoms with Gasteiger partial charge >= 0.3 is 0 Å². The highest BCUT2D eigenvalue weighted by Crippen LogP contribution is 2.44. The Hall–Kier alpha value is -5.34. The summed E-state index contributed by atoms with van der Waals surface area (Å²) in [6.45, 7) is 0. The van der Waals surface area contributed by atoms with E-state index in [0.29, 0.717) is 11.4 Å². The lowest BCUT2D eigenvalue weighted by atomic mass is 10.2. The van der Waals surface area contributed by atoms with E-state index < -0.39 is 11.6 Å². The number of nitrogens with two attached hydrogens (primary N) is 2. The summed E-state index contributed by atoms with van der Waals surface area (Å²) in [5, 5.41) is 6.36. The number of hydrogen-bond acceptors (Lipinski definition) is 12. The van der Waals surface area contributed by atoms with Crippen molar-refractivity contribution < 1.29 is 8.78 Å². The second-order valence-electron chi connectivity index (χ2n) is 9.05. The predicted octanol–water partition coefficient (Wildman–Crippen LogP) is 7.12. The van der Waals surface area contributed by atoms with Gasteiger partial charge in [-0.25, -0.2) is 8.78 Å². The molecular formula is C30H22F2N10S2. The van der Waals surface area contributed by atoms with Gasteiger partial charge in [-0.15, -0.1) is 0 Å². The van der Waals surface area contributed by atoms with Gasteiger partial charge in [0, 0.05) is 9.79 Å². The van der Waals surface area contributed by atoms with Gasteiger partial charge in [0.15, 0.2) is 11.6 Å². The fourth-order valence-electron chi connectivity index (χ4n) is 4.04. The molecule has 10 nitrogen and oxygen atoms in total. The SMILES string of the molecule is Nc1nc(Nc2ccccc2SSc2ccccc2Nc2nc(N)nc(-c3ccccc3F)n2)nc(-c2ccccc2F)n1. The zero-order valence-corrected chi connectivity index (χ0v) is 24.3. The number of para-hydroxylation sites is 2. The van der Waals surface area contributed by atoms with E-state index in [4.69, 9.17) is 11.5 Å². The highest BCUT2D eigenvalue weighted by Gasteiger charge is 2.15. The van der Waals surface area contributed by atoms with E-state index in [-0.39, 0.29) is 46.6 Å². The highest BCUT2D eigenvalue weighted by atomic mass is 33.1. The first kappa shape index (κ1) is 28.8. The maximum Gasteiger partial charge on any atom is 0.232 e. The topological polar surface area (TPSA) is 153 Å². The number of halogens is 2. The van der Waals surface area contributed by atoms with Crippen molar-refractivity contribution in [2.24, 2.45) is 0 Å². The minimum atomic E-state index is -0.466. The minimum absolute atomic E-state index is 0.0441. The van der Waals surface area contributed by atoms with Crippen LogP contribution >= 0.6 is 21.6 Å². The molecule has 6 aromatic rings. The van der Waals surface area contributed by atoms with Crippen LogP contribution in [0.25, 0.3) is 22.8 Å². The van der Waals surface area contributed by atoms with Crippen molar-refractivity contribution in [3.63, 3.8) is 0 Å². The molecule has 2 heterocycles. The molecule has 0 atom stereocenters. The number of nitrogens with one attached hydrogen (secondary N) is 2. The van der Waals surface area contributed by atoms with E-state index in [1.54, 1.807) is 36.4 Å². The largest absolute Gasteiger partial charge is 0.368 e. The normalized spacial score (nSPS) is 10.9. The Kier molecular flexibility index (Phi) is 8.43. The molecule has 6 N–H and O–H groups in total. The third-order valence-corrected chi connectivity index (χ3v) is 8.51. The van der Waals surface area contributed by atoms with E-state index in [1.807, 2.05) is 48.5 Å². The van der Waals surface area contributed by atoms with Gasteiger partial charge in [-0.1, -0.05) is 70.1 Å². The van der Waals surface area contributed by atoms with Crippen molar-refractivity contribution in [3.8, 4) is 22.8 Å². The summed E-state index contributed by atoms with van der Waals surface area (Å²) in [6.07, 6.45) is 0. The van der Waals surface area contributed by atoms with Crippen molar-refractivity contribution >= 4 is 56.8 Å². The van der Waals surface area contributed by atoms with Crippen LogP contribution in [0.5, 0.6) is 0 Å². The molecule has 0 aliphatic heterocycles. The molecule has 14 heteroatoms. The lowest BCUT2D eigenvalue weighted by Gasteiger charge is -2.13. The Balaban J connectivity index is 1.22. The van der Waals surface area contributed by atoms with Crippen molar-refractivity contribution in [1.29, 1.82) is 0 Å². The minimum Gasteiger partial charge on any atom is -0.368 e. The number of benzene rings is 4. The number of anilines is 6. The fraction of sp³-hybridized carbons (Fsp3) is 0. The summed E-state index contributed by atoms with van der Waals surface area (Å²) < 4.78 is 28.8. The van der Waals surface area contributed by atoms with E-state index in [9.17, 15) is 8.78 Å². The van der Waals surface area contributed by atoms with Crippen molar-refractivity contribution in [3.05, 3.63) is 109 Å². The molecule has 0 fully saturated rings. The maximum absolute atomic E-state index is 14.4. The Morgan fingerprint density at radius 3 is 1.30 bits per heavy atom. The summed E-state index contributed by atoms with van der Waals surface area (Å²) in [4.78, 5) is 27.1. The highest BCUT2D eigenvalue weighted by molar-refractivity contribution is 8.76. The zero-order valence-electron chi connectivity index (χ0n) is 22.6. The molecule has 0 saturated carbocycles. The van der Waals surface area contributed by atoms with Crippen LogP contribution < -0.4 is 22.1 Å². The summed E-state index contributed by atoms with van der Waals surface area (Å²) in [6, 6.07) is 27.5. The predicted molar refractivity (Wildman–Crippen MR) is 170 cm³/mol. The second-order valence-corrected chi connectivity index (χ2v) is 11.3. The first-order valence-electron chi connectivity index (χ1n) is 13.0. The molecule has 4 aromatic carbocycles. The maximum atomic E-state index is 14.4. The number of rotatable bonds is 9. The van der Waals surface area contributed by atoms with E-state index in [0.717, 1.165) is 9.79 Å². The van der Waals surface area contributed by atoms with Gasteiger partial charge in [0.05, 0.1) is 22.5 Å². The number of nitrogens with zero attached hydrogens (tertiary/aromatic N) is 6. The number of hydrogen-bond donors (Lipinski definition) is 4. The van der Waals surface area contributed by atoms with Gasteiger partial charge in [-0.3, -0.25) is 0 Å². The third kappa shape index (κ3) is 6.66. The van der Waals surface area contributed by atoms with Gasteiger partial charge in [0.25, 0.3) is 0 Å². The average Bonchev–Trinajstić information content (AvgIpc) is 3.01. The molecule has 0 amide bonds. The third-order valence-electron chi connectivity index (χ3n) is 6.02. The second kappa shape index (κ2) is 12.9. The van der Waals surface area contributed by atoms with Crippen LogP contribution in [-0.2, 0) is 0 Å². The summed E-state index contributed by atoms with van der Waals surface area (Å²) in [7, 11) is 2.96. The molecule has 0 saturated heterocycles. The van der Waals surface area contributed by atoms with Crippen LogP contribution in [0.15, 0.2) is 107 Å².